The van der Waals surface area contributed by atoms with Crippen molar-refractivity contribution >= 4 is 17.9 Å². The predicted molar refractivity (Wildman–Crippen MR) is 126 cm³/mol. The lowest BCUT2D eigenvalue weighted by Crippen LogP contribution is -2.49. The van der Waals surface area contributed by atoms with E-state index in [1.165, 1.54) is 4.90 Å². The zero-order valence-corrected chi connectivity index (χ0v) is 20.2. The first kappa shape index (κ1) is 27.0. The van der Waals surface area contributed by atoms with Gasteiger partial charge in [0.1, 0.15) is 18.2 Å². The van der Waals surface area contributed by atoms with E-state index >= 15 is 0 Å². The van der Waals surface area contributed by atoms with Crippen LogP contribution in [0.4, 0.5) is 4.79 Å². The number of rotatable bonds is 10. The summed E-state index contributed by atoms with van der Waals surface area (Å²) >= 11 is 0. The zero-order chi connectivity index (χ0) is 24.3. The van der Waals surface area contributed by atoms with E-state index in [1.54, 1.807) is 45.0 Å². The number of carbonyl (C=O) groups is 3. The van der Waals surface area contributed by atoms with Crippen LogP contribution in [0.3, 0.4) is 0 Å². The Bertz CT molecular complexity index is 821. The molecule has 1 unspecified atom stereocenters. The molecule has 0 spiro atoms. The van der Waals surface area contributed by atoms with Gasteiger partial charge in [-0.3, -0.25) is 9.59 Å². The summed E-state index contributed by atoms with van der Waals surface area (Å²) in [4.78, 5) is 40.0. The van der Waals surface area contributed by atoms with E-state index in [9.17, 15) is 14.4 Å². The Labute approximate surface area is 192 Å². The van der Waals surface area contributed by atoms with Gasteiger partial charge in [0.05, 0.1) is 0 Å². The maximum atomic E-state index is 13.2. The number of nitrogens with zero attached hydrogens (tertiary/aromatic N) is 1. The van der Waals surface area contributed by atoms with Crippen molar-refractivity contribution in [1.82, 2.24) is 15.5 Å². The Morgan fingerprint density at radius 1 is 1.16 bits per heavy atom. The van der Waals surface area contributed by atoms with Gasteiger partial charge in [-0.15, -0.1) is 6.42 Å². The molecule has 2 N–H and O–H groups in total. The van der Waals surface area contributed by atoms with Crippen molar-refractivity contribution < 1.29 is 19.1 Å². The number of hydrogen-bond donors (Lipinski definition) is 2. The zero-order valence-electron chi connectivity index (χ0n) is 20.2. The third-order valence-corrected chi connectivity index (χ3v) is 4.51. The van der Waals surface area contributed by atoms with Gasteiger partial charge >= 0.3 is 6.09 Å². The Balaban J connectivity index is 3.26. The van der Waals surface area contributed by atoms with Gasteiger partial charge in [-0.05, 0) is 52.7 Å². The number of carbonyl (C=O) groups excluding carboxylic acids is 3. The van der Waals surface area contributed by atoms with Gasteiger partial charge < -0.3 is 20.3 Å². The van der Waals surface area contributed by atoms with Crippen LogP contribution in [-0.4, -0.2) is 47.5 Å². The highest BCUT2D eigenvalue weighted by Crippen LogP contribution is 2.25. The number of hydrogen-bond acceptors (Lipinski definition) is 4. The SMILES string of the molecule is C#Cc1ccccc1C(C(=O)NC(C)C)N(CCCCC)C(=O)CNC(=O)OC(C)(C)C. The molecule has 32 heavy (non-hydrogen) atoms. The molecule has 0 aromatic heterocycles. The molecule has 0 bridgehead atoms. The second kappa shape index (κ2) is 12.7. The molecule has 0 saturated heterocycles. The normalized spacial score (nSPS) is 11.9. The molecule has 1 aromatic rings. The molecule has 0 aliphatic carbocycles. The quantitative estimate of drug-likeness (QED) is 0.426. The minimum absolute atomic E-state index is 0.115. The fourth-order valence-corrected chi connectivity index (χ4v) is 3.17. The molecule has 7 heteroatoms. The third-order valence-electron chi connectivity index (χ3n) is 4.51. The van der Waals surface area contributed by atoms with Crippen molar-refractivity contribution in [3.63, 3.8) is 0 Å². The number of nitrogens with one attached hydrogen (secondary N) is 2. The summed E-state index contributed by atoms with van der Waals surface area (Å²) in [5.41, 5.74) is 0.444. The lowest BCUT2D eigenvalue weighted by molar-refractivity contribution is -0.140. The number of amides is 3. The largest absolute Gasteiger partial charge is 0.444 e. The molecule has 1 aromatic carbocycles. The van der Waals surface area contributed by atoms with Gasteiger partial charge in [-0.1, -0.05) is 43.9 Å². The first-order chi connectivity index (χ1) is 15.0. The van der Waals surface area contributed by atoms with Gasteiger partial charge in [0.2, 0.25) is 11.8 Å². The third kappa shape index (κ3) is 9.01. The Morgan fingerprint density at radius 3 is 2.38 bits per heavy atom. The second-order valence-electron chi connectivity index (χ2n) is 8.95. The average Bonchev–Trinajstić information content (AvgIpc) is 2.69. The van der Waals surface area contributed by atoms with Gasteiger partial charge in [-0.25, -0.2) is 4.79 Å². The highest BCUT2D eigenvalue weighted by molar-refractivity contribution is 5.91. The monoisotopic (exact) mass is 443 g/mol. The van der Waals surface area contributed by atoms with Gasteiger partial charge in [0.15, 0.2) is 0 Å². The first-order valence-electron chi connectivity index (χ1n) is 11.1. The highest BCUT2D eigenvalue weighted by Gasteiger charge is 2.33. The molecule has 7 nitrogen and oxygen atoms in total. The van der Waals surface area contributed by atoms with Crippen molar-refractivity contribution in [2.24, 2.45) is 0 Å². The number of benzene rings is 1. The van der Waals surface area contributed by atoms with E-state index in [1.807, 2.05) is 13.8 Å². The first-order valence-corrected chi connectivity index (χ1v) is 11.1. The van der Waals surface area contributed by atoms with Crippen molar-refractivity contribution in [2.45, 2.75) is 78.5 Å². The van der Waals surface area contributed by atoms with E-state index in [2.05, 4.69) is 23.5 Å². The van der Waals surface area contributed by atoms with Crippen LogP contribution in [-0.2, 0) is 14.3 Å². The van der Waals surface area contributed by atoms with Crippen LogP contribution in [0.1, 0.15) is 78.0 Å². The van der Waals surface area contributed by atoms with E-state index in [-0.39, 0.29) is 24.4 Å². The van der Waals surface area contributed by atoms with Gasteiger partial charge in [0, 0.05) is 18.2 Å². The number of alkyl carbamates (subject to hydrolysis) is 1. The average molecular weight is 444 g/mol. The van der Waals surface area contributed by atoms with E-state index < -0.39 is 17.7 Å². The van der Waals surface area contributed by atoms with Crippen molar-refractivity contribution in [2.75, 3.05) is 13.1 Å². The molecule has 1 atom stereocenters. The molecule has 1 rings (SSSR count). The second-order valence-corrected chi connectivity index (χ2v) is 8.95. The molecule has 0 heterocycles. The maximum Gasteiger partial charge on any atom is 0.408 e. The fraction of sp³-hybridized carbons (Fsp3) is 0.560. The lowest BCUT2D eigenvalue weighted by atomic mass is 9.97. The summed E-state index contributed by atoms with van der Waals surface area (Å²) < 4.78 is 5.22. The van der Waals surface area contributed by atoms with Gasteiger partial charge in [0.25, 0.3) is 0 Å². The fourth-order valence-electron chi connectivity index (χ4n) is 3.17. The lowest BCUT2D eigenvalue weighted by Gasteiger charge is -2.33. The van der Waals surface area contributed by atoms with Crippen molar-refractivity contribution in [1.29, 1.82) is 0 Å². The number of ether oxygens (including phenoxy) is 1. The minimum atomic E-state index is -0.908. The molecule has 3 amide bonds. The Hall–Kier alpha value is -3.01. The van der Waals surface area contributed by atoms with Crippen LogP contribution < -0.4 is 10.6 Å². The molecule has 0 radical (unpaired) electrons. The summed E-state index contributed by atoms with van der Waals surface area (Å²) in [6, 6.07) is 6.08. The summed E-state index contributed by atoms with van der Waals surface area (Å²) in [5.74, 6) is 1.91. The highest BCUT2D eigenvalue weighted by atomic mass is 16.6. The predicted octanol–water partition coefficient (Wildman–Crippen LogP) is 3.78. The van der Waals surface area contributed by atoms with Crippen LogP contribution >= 0.6 is 0 Å². The molecule has 0 fully saturated rings. The van der Waals surface area contributed by atoms with Crippen LogP contribution in [0.25, 0.3) is 0 Å². The number of unbranched alkanes of at least 4 members (excludes halogenated alkanes) is 2. The standard InChI is InChI=1S/C25H37N3O4/c1-8-10-13-16-28(21(29)17-26-24(31)32-25(5,6)7)22(23(30)27-18(3)4)20-15-12-11-14-19(20)9-2/h2,11-12,14-15,18,22H,8,10,13,16-17H2,1,3-7H3,(H,26,31)(H,27,30). The van der Waals surface area contributed by atoms with E-state index in [4.69, 9.17) is 11.2 Å². The van der Waals surface area contributed by atoms with Crippen LogP contribution in [0, 0.1) is 12.3 Å². The maximum absolute atomic E-state index is 13.2. The summed E-state index contributed by atoms with van der Waals surface area (Å²) in [7, 11) is 0. The number of terminal acetylenes is 1. The smallest absolute Gasteiger partial charge is 0.408 e. The Kier molecular flexibility index (Phi) is 10.8. The molecular weight excluding hydrogens is 406 g/mol. The molecule has 0 aliphatic heterocycles. The summed E-state index contributed by atoms with van der Waals surface area (Å²) in [6.07, 6.45) is 7.58. The van der Waals surface area contributed by atoms with E-state index in [0.717, 1.165) is 19.3 Å². The van der Waals surface area contributed by atoms with Crippen molar-refractivity contribution in [3.8, 4) is 12.3 Å². The van der Waals surface area contributed by atoms with E-state index in [0.29, 0.717) is 17.7 Å². The van der Waals surface area contributed by atoms with Crippen LogP contribution in [0.2, 0.25) is 0 Å². The van der Waals surface area contributed by atoms with Crippen molar-refractivity contribution in [3.05, 3.63) is 35.4 Å². The minimum Gasteiger partial charge on any atom is -0.444 e. The van der Waals surface area contributed by atoms with Crippen LogP contribution in [0.5, 0.6) is 0 Å². The molecule has 0 saturated carbocycles. The topological polar surface area (TPSA) is 87.7 Å². The molecule has 0 aliphatic rings. The molecule has 176 valence electrons. The molecular formula is C25H37N3O4. The van der Waals surface area contributed by atoms with Crippen LogP contribution in [0.15, 0.2) is 24.3 Å². The summed E-state index contributed by atoms with van der Waals surface area (Å²) in [5, 5.41) is 5.40. The van der Waals surface area contributed by atoms with Gasteiger partial charge in [-0.2, -0.15) is 0 Å². The Morgan fingerprint density at radius 2 is 1.81 bits per heavy atom. The summed E-state index contributed by atoms with van der Waals surface area (Å²) in [6.45, 7) is 11.1.